The molecule has 0 aliphatic rings. The number of aromatic carboxylic acids is 1. The fourth-order valence-electron chi connectivity index (χ4n) is 1.20. The van der Waals surface area contributed by atoms with Gasteiger partial charge in [0.2, 0.25) is 0 Å². The van der Waals surface area contributed by atoms with Gasteiger partial charge in [0.1, 0.15) is 5.65 Å². The van der Waals surface area contributed by atoms with Crippen LogP contribution in [0.3, 0.4) is 0 Å². The van der Waals surface area contributed by atoms with E-state index in [0.717, 1.165) is 0 Å². The van der Waals surface area contributed by atoms with Crippen molar-refractivity contribution >= 4 is 32.9 Å². The lowest BCUT2D eigenvalue weighted by atomic mass is 10.2. The quantitative estimate of drug-likeness (QED) is 0.802. The number of nitrogens with zero attached hydrogens (tertiary/aromatic N) is 1. The number of nitrogens with one attached hydrogen (secondary N) is 1. The standard InChI is InChI=1S/C8H5BrN2O2/c9-5-3-11-7-4(1-2-10-7)6(5)8(12)13/h1-3H,(H,10,11)(H,12,13). The van der Waals surface area contributed by atoms with Gasteiger partial charge in [-0.2, -0.15) is 0 Å². The predicted octanol–water partition coefficient (Wildman–Crippen LogP) is 2.02. The predicted molar refractivity (Wildman–Crippen MR) is 50.8 cm³/mol. The van der Waals surface area contributed by atoms with Crippen LogP contribution in [0, 0.1) is 0 Å². The van der Waals surface area contributed by atoms with Crippen molar-refractivity contribution in [2.75, 3.05) is 0 Å². The van der Waals surface area contributed by atoms with Gasteiger partial charge < -0.3 is 10.1 Å². The normalized spacial score (nSPS) is 10.5. The molecular weight excluding hydrogens is 236 g/mol. The monoisotopic (exact) mass is 240 g/mol. The molecule has 2 heterocycles. The number of aromatic amines is 1. The largest absolute Gasteiger partial charge is 0.478 e. The molecule has 0 spiro atoms. The van der Waals surface area contributed by atoms with Gasteiger partial charge in [-0.25, -0.2) is 9.78 Å². The second-order valence-electron chi connectivity index (χ2n) is 2.53. The van der Waals surface area contributed by atoms with Gasteiger partial charge in [0.05, 0.1) is 10.0 Å². The molecule has 13 heavy (non-hydrogen) atoms. The number of H-pyrrole nitrogens is 1. The number of carbonyl (C=O) groups is 1. The number of rotatable bonds is 1. The molecule has 0 unspecified atom stereocenters. The van der Waals surface area contributed by atoms with Crippen LogP contribution in [-0.2, 0) is 0 Å². The molecule has 0 saturated heterocycles. The van der Waals surface area contributed by atoms with E-state index in [0.29, 0.717) is 15.5 Å². The molecule has 0 amide bonds. The van der Waals surface area contributed by atoms with Gasteiger partial charge in [-0.1, -0.05) is 0 Å². The van der Waals surface area contributed by atoms with E-state index in [9.17, 15) is 4.79 Å². The van der Waals surface area contributed by atoms with Crippen molar-refractivity contribution in [1.82, 2.24) is 9.97 Å². The van der Waals surface area contributed by atoms with Crippen molar-refractivity contribution in [3.63, 3.8) is 0 Å². The molecule has 0 atom stereocenters. The molecule has 0 bridgehead atoms. The molecule has 0 saturated carbocycles. The summed E-state index contributed by atoms with van der Waals surface area (Å²) in [5.74, 6) is -0.959. The number of hydrogen-bond donors (Lipinski definition) is 2. The van der Waals surface area contributed by atoms with Crippen LogP contribution in [0.5, 0.6) is 0 Å². The molecule has 2 aromatic heterocycles. The molecule has 2 aromatic rings. The first kappa shape index (κ1) is 8.25. The number of pyridine rings is 1. The van der Waals surface area contributed by atoms with E-state index in [-0.39, 0.29) is 5.56 Å². The number of fused-ring (bicyclic) bond motifs is 1. The van der Waals surface area contributed by atoms with Crippen molar-refractivity contribution in [3.8, 4) is 0 Å². The Bertz CT molecular complexity index is 478. The fraction of sp³-hybridized carbons (Fsp3) is 0. The lowest BCUT2D eigenvalue weighted by Gasteiger charge is -1.98. The number of halogens is 1. The highest BCUT2D eigenvalue weighted by Crippen LogP contribution is 2.23. The summed E-state index contributed by atoms with van der Waals surface area (Å²) < 4.78 is 0.493. The first-order valence-corrected chi connectivity index (χ1v) is 4.34. The SMILES string of the molecule is O=C(O)c1c(Br)cnc2[nH]ccc12. The minimum atomic E-state index is -0.959. The number of aromatic nitrogens is 2. The number of carboxylic acid groups (broad SMARTS) is 1. The van der Waals surface area contributed by atoms with Crippen LogP contribution in [0.25, 0.3) is 11.0 Å². The highest BCUT2D eigenvalue weighted by molar-refractivity contribution is 9.10. The highest BCUT2D eigenvalue weighted by Gasteiger charge is 2.13. The third-order valence-corrected chi connectivity index (χ3v) is 2.36. The zero-order valence-corrected chi connectivity index (χ0v) is 8.00. The highest BCUT2D eigenvalue weighted by atomic mass is 79.9. The molecule has 2 N–H and O–H groups in total. The average molecular weight is 241 g/mol. The molecule has 0 aliphatic carbocycles. The summed E-state index contributed by atoms with van der Waals surface area (Å²) in [5.41, 5.74) is 0.826. The van der Waals surface area contributed by atoms with Crippen LogP contribution in [0.1, 0.15) is 10.4 Å². The minimum Gasteiger partial charge on any atom is -0.478 e. The zero-order valence-electron chi connectivity index (χ0n) is 6.41. The van der Waals surface area contributed by atoms with Crippen molar-refractivity contribution in [2.24, 2.45) is 0 Å². The van der Waals surface area contributed by atoms with Gasteiger partial charge in [0.15, 0.2) is 0 Å². The number of hydrogen-bond acceptors (Lipinski definition) is 2. The maximum Gasteiger partial charge on any atom is 0.337 e. The van der Waals surface area contributed by atoms with E-state index in [2.05, 4.69) is 25.9 Å². The van der Waals surface area contributed by atoms with Crippen molar-refractivity contribution in [2.45, 2.75) is 0 Å². The smallest absolute Gasteiger partial charge is 0.337 e. The van der Waals surface area contributed by atoms with Crippen LogP contribution in [-0.4, -0.2) is 21.0 Å². The van der Waals surface area contributed by atoms with E-state index in [1.165, 1.54) is 6.20 Å². The van der Waals surface area contributed by atoms with E-state index in [4.69, 9.17) is 5.11 Å². The molecule has 0 aromatic carbocycles. The first-order chi connectivity index (χ1) is 6.20. The molecule has 2 rings (SSSR count). The van der Waals surface area contributed by atoms with Crippen LogP contribution >= 0.6 is 15.9 Å². The summed E-state index contributed by atoms with van der Waals surface area (Å²) in [7, 11) is 0. The Hall–Kier alpha value is -1.36. The number of carboxylic acids is 1. The molecule has 0 fully saturated rings. The minimum absolute atomic E-state index is 0.242. The summed E-state index contributed by atoms with van der Waals surface area (Å²) in [6, 6.07) is 1.69. The van der Waals surface area contributed by atoms with Gasteiger partial charge in [-0.3, -0.25) is 0 Å². The topological polar surface area (TPSA) is 66.0 Å². The third-order valence-electron chi connectivity index (χ3n) is 1.75. The maximum atomic E-state index is 10.9. The summed E-state index contributed by atoms with van der Waals surface area (Å²) >= 11 is 3.15. The second-order valence-corrected chi connectivity index (χ2v) is 3.38. The van der Waals surface area contributed by atoms with Crippen molar-refractivity contribution in [3.05, 3.63) is 28.5 Å². The molecule has 66 valence electrons. The fourth-order valence-corrected chi connectivity index (χ4v) is 1.69. The van der Waals surface area contributed by atoms with Crippen molar-refractivity contribution in [1.29, 1.82) is 0 Å². The lowest BCUT2D eigenvalue weighted by molar-refractivity contribution is 0.0698. The van der Waals surface area contributed by atoms with Gasteiger partial charge in [-0.05, 0) is 22.0 Å². The van der Waals surface area contributed by atoms with E-state index in [1.807, 2.05) is 0 Å². The van der Waals surface area contributed by atoms with Crippen LogP contribution < -0.4 is 0 Å². The van der Waals surface area contributed by atoms with Crippen molar-refractivity contribution < 1.29 is 9.90 Å². The van der Waals surface area contributed by atoms with Crippen LogP contribution in [0.2, 0.25) is 0 Å². The van der Waals surface area contributed by atoms with Crippen LogP contribution in [0.4, 0.5) is 0 Å². The Morgan fingerprint density at radius 3 is 3.08 bits per heavy atom. The molecule has 0 radical (unpaired) electrons. The lowest BCUT2D eigenvalue weighted by Crippen LogP contribution is -1.99. The van der Waals surface area contributed by atoms with E-state index < -0.39 is 5.97 Å². The molecule has 0 aliphatic heterocycles. The third kappa shape index (κ3) is 1.21. The second kappa shape index (κ2) is 2.85. The van der Waals surface area contributed by atoms with Gasteiger partial charge >= 0.3 is 5.97 Å². The van der Waals surface area contributed by atoms with E-state index >= 15 is 0 Å². The summed E-state index contributed by atoms with van der Waals surface area (Å²) in [6.45, 7) is 0. The Morgan fingerprint density at radius 1 is 1.62 bits per heavy atom. The van der Waals surface area contributed by atoms with E-state index in [1.54, 1.807) is 12.3 Å². The summed E-state index contributed by atoms with van der Waals surface area (Å²) in [4.78, 5) is 17.7. The Morgan fingerprint density at radius 2 is 2.38 bits per heavy atom. The Labute approximate surface area is 81.7 Å². The molecule has 5 heteroatoms. The molecular formula is C8H5BrN2O2. The zero-order chi connectivity index (χ0) is 9.42. The van der Waals surface area contributed by atoms with Crippen LogP contribution in [0.15, 0.2) is 22.9 Å². The summed E-state index contributed by atoms with van der Waals surface area (Å²) in [6.07, 6.45) is 3.14. The Balaban J connectivity index is 2.88. The summed E-state index contributed by atoms with van der Waals surface area (Å²) in [5, 5.41) is 9.52. The molecule has 4 nitrogen and oxygen atoms in total. The average Bonchev–Trinajstić information content (AvgIpc) is 2.50. The Kier molecular flexibility index (Phi) is 1.81. The maximum absolute atomic E-state index is 10.9. The van der Waals surface area contributed by atoms with Gasteiger partial charge in [-0.15, -0.1) is 0 Å². The first-order valence-electron chi connectivity index (χ1n) is 3.55. The van der Waals surface area contributed by atoms with Gasteiger partial charge in [0.25, 0.3) is 0 Å². The van der Waals surface area contributed by atoms with Gasteiger partial charge in [0, 0.05) is 17.8 Å².